The molecule has 118 valence electrons. The number of hydrogen-bond donors (Lipinski definition) is 1. The Morgan fingerprint density at radius 2 is 2.13 bits per heavy atom. The molecule has 1 amide bonds. The van der Waals surface area contributed by atoms with Crippen LogP contribution in [0.5, 0.6) is 5.75 Å². The maximum atomic E-state index is 11.7. The SMILES string of the molecule is CC(=O)Oc1cccc(CCNC(=O)/C=C/c2cccnc2)c1. The largest absolute Gasteiger partial charge is 0.427 e. The normalized spacial score (nSPS) is 10.5. The van der Waals surface area contributed by atoms with Gasteiger partial charge in [-0.2, -0.15) is 0 Å². The Morgan fingerprint density at radius 3 is 2.87 bits per heavy atom. The lowest BCUT2D eigenvalue weighted by atomic mass is 10.1. The molecule has 1 aromatic heterocycles. The van der Waals surface area contributed by atoms with Crippen LogP contribution in [0.4, 0.5) is 0 Å². The van der Waals surface area contributed by atoms with Crippen LogP contribution in [0.25, 0.3) is 6.08 Å². The monoisotopic (exact) mass is 310 g/mol. The zero-order chi connectivity index (χ0) is 16.5. The minimum absolute atomic E-state index is 0.162. The second-order valence-electron chi connectivity index (χ2n) is 4.90. The molecule has 0 atom stereocenters. The van der Waals surface area contributed by atoms with Gasteiger partial charge in [-0.05, 0) is 41.8 Å². The van der Waals surface area contributed by atoms with Gasteiger partial charge in [0, 0.05) is 31.9 Å². The van der Waals surface area contributed by atoms with E-state index in [4.69, 9.17) is 4.74 Å². The number of pyridine rings is 1. The minimum Gasteiger partial charge on any atom is -0.427 e. The van der Waals surface area contributed by atoms with Crippen molar-refractivity contribution in [3.8, 4) is 5.75 Å². The number of amides is 1. The first-order valence-electron chi connectivity index (χ1n) is 7.27. The molecule has 0 aliphatic carbocycles. The summed E-state index contributed by atoms with van der Waals surface area (Å²) in [7, 11) is 0. The average molecular weight is 310 g/mol. The van der Waals surface area contributed by atoms with Gasteiger partial charge in [0.15, 0.2) is 0 Å². The zero-order valence-corrected chi connectivity index (χ0v) is 12.9. The van der Waals surface area contributed by atoms with Crippen LogP contribution in [0.1, 0.15) is 18.1 Å². The van der Waals surface area contributed by atoms with Crippen LogP contribution < -0.4 is 10.1 Å². The van der Waals surface area contributed by atoms with E-state index in [-0.39, 0.29) is 11.9 Å². The highest BCUT2D eigenvalue weighted by molar-refractivity contribution is 5.91. The van der Waals surface area contributed by atoms with Gasteiger partial charge < -0.3 is 10.1 Å². The molecule has 0 bridgehead atoms. The lowest BCUT2D eigenvalue weighted by Crippen LogP contribution is -2.23. The van der Waals surface area contributed by atoms with Gasteiger partial charge in [-0.1, -0.05) is 18.2 Å². The maximum Gasteiger partial charge on any atom is 0.308 e. The molecule has 0 radical (unpaired) electrons. The number of aromatic nitrogens is 1. The van der Waals surface area contributed by atoms with Gasteiger partial charge >= 0.3 is 5.97 Å². The van der Waals surface area contributed by atoms with Gasteiger partial charge in [0.25, 0.3) is 0 Å². The number of nitrogens with zero attached hydrogens (tertiary/aromatic N) is 1. The van der Waals surface area contributed by atoms with Crippen molar-refractivity contribution in [1.82, 2.24) is 10.3 Å². The molecule has 1 N–H and O–H groups in total. The fourth-order valence-electron chi connectivity index (χ4n) is 1.97. The number of nitrogens with one attached hydrogen (secondary N) is 1. The number of ether oxygens (including phenoxy) is 1. The maximum absolute atomic E-state index is 11.7. The second-order valence-corrected chi connectivity index (χ2v) is 4.90. The third kappa shape index (κ3) is 6.13. The number of hydrogen-bond acceptors (Lipinski definition) is 4. The van der Waals surface area contributed by atoms with Crippen molar-refractivity contribution in [2.75, 3.05) is 6.54 Å². The topological polar surface area (TPSA) is 68.3 Å². The first-order valence-corrected chi connectivity index (χ1v) is 7.27. The van der Waals surface area contributed by atoms with Crippen molar-refractivity contribution in [2.45, 2.75) is 13.3 Å². The molecule has 0 aliphatic rings. The lowest BCUT2D eigenvalue weighted by molar-refractivity contribution is -0.131. The molecular weight excluding hydrogens is 292 g/mol. The highest BCUT2D eigenvalue weighted by Crippen LogP contribution is 2.13. The van der Waals surface area contributed by atoms with Crippen LogP contribution in [0.2, 0.25) is 0 Å². The molecule has 0 aliphatic heterocycles. The lowest BCUT2D eigenvalue weighted by Gasteiger charge is -2.05. The van der Waals surface area contributed by atoms with Crippen molar-refractivity contribution < 1.29 is 14.3 Å². The molecule has 0 unspecified atom stereocenters. The third-order valence-corrected chi connectivity index (χ3v) is 2.98. The van der Waals surface area contributed by atoms with E-state index in [0.717, 1.165) is 11.1 Å². The molecule has 5 heteroatoms. The van der Waals surface area contributed by atoms with E-state index in [2.05, 4.69) is 10.3 Å². The predicted octanol–water partition coefficient (Wildman–Crippen LogP) is 2.38. The van der Waals surface area contributed by atoms with Gasteiger partial charge in [0.05, 0.1) is 0 Å². The molecular formula is C18H18N2O3. The van der Waals surface area contributed by atoms with Crippen molar-refractivity contribution in [3.63, 3.8) is 0 Å². The van der Waals surface area contributed by atoms with E-state index in [0.29, 0.717) is 18.7 Å². The van der Waals surface area contributed by atoms with Crippen LogP contribution in [0, 0.1) is 0 Å². The molecule has 5 nitrogen and oxygen atoms in total. The number of carbonyl (C=O) groups is 2. The summed E-state index contributed by atoms with van der Waals surface area (Å²) in [6.45, 7) is 1.86. The summed E-state index contributed by atoms with van der Waals surface area (Å²) < 4.78 is 5.03. The summed E-state index contributed by atoms with van der Waals surface area (Å²) in [4.78, 5) is 26.6. The summed E-state index contributed by atoms with van der Waals surface area (Å²) in [5.74, 6) is -0.00112. The molecule has 0 spiro atoms. The Hall–Kier alpha value is -2.95. The fraction of sp³-hybridized carbons (Fsp3) is 0.167. The van der Waals surface area contributed by atoms with Gasteiger partial charge in [-0.3, -0.25) is 14.6 Å². The van der Waals surface area contributed by atoms with Crippen molar-refractivity contribution in [3.05, 3.63) is 66.0 Å². The van der Waals surface area contributed by atoms with Crippen LogP contribution >= 0.6 is 0 Å². The first kappa shape index (κ1) is 16.4. The second kappa shape index (κ2) is 8.48. The fourth-order valence-corrected chi connectivity index (χ4v) is 1.97. The Kier molecular flexibility index (Phi) is 6.06. The quantitative estimate of drug-likeness (QED) is 0.505. The predicted molar refractivity (Wildman–Crippen MR) is 87.7 cm³/mol. The summed E-state index contributed by atoms with van der Waals surface area (Å²) in [5, 5.41) is 2.81. The van der Waals surface area contributed by atoms with Crippen LogP contribution in [-0.4, -0.2) is 23.4 Å². The van der Waals surface area contributed by atoms with Gasteiger partial charge in [-0.15, -0.1) is 0 Å². The standard InChI is InChI=1S/C18H18N2O3/c1-14(21)23-17-6-2-4-15(12-17)9-11-20-18(22)8-7-16-5-3-10-19-13-16/h2-8,10,12-13H,9,11H2,1H3,(H,20,22)/b8-7+. The average Bonchev–Trinajstić information content (AvgIpc) is 2.54. The summed E-state index contributed by atoms with van der Waals surface area (Å²) in [6.07, 6.45) is 7.21. The van der Waals surface area contributed by atoms with Crippen LogP contribution in [-0.2, 0) is 16.0 Å². The van der Waals surface area contributed by atoms with Crippen molar-refractivity contribution in [1.29, 1.82) is 0 Å². The van der Waals surface area contributed by atoms with Gasteiger partial charge in [0.1, 0.15) is 5.75 Å². The molecule has 2 aromatic rings. The summed E-state index contributed by atoms with van der Waals surface area (Å²) >= 11 is 0. The van der Waals surface area contributed by atoms with E-state index in [1.54, 1.807) is 30.6 Å². The Bertz CT molecular complexity index is 696. The Morgan fingerprint density at radius 1 is 1.26 bits per heavy atom. The Balaban J connectivity index is 1.79. The molecule has 2 rings (SSSR count). The van der Waals surface area contributed by atoms with Gasteiger partial charge in [-0.25, -0.2) is 0 Å². The van der Waals surface area contributed by atoms with E-state index < -0.39 is 0 Å². The summed E-state index contributed by atoms with van der Waals surface area (Å²) in [5.41, 5.74) is 1.86. The van der Waals surface area contributed by atoms with E-state index in [1.807, 2.05) is 24.3 Å². The number of carbonyl (C=O) groups excluding carboxylic acids is 2. The summed E-state index contributed by atoms with van der Waals surface area (Å²) in [6, 6.07) is 10.9. The molecule has 0 saturated carbocycles. The molecule has 23 heavy (non-hydrogen) atoms. The molecule has 0 saturated heterocycles. The smallest absolute Gasteiger partial charge is 0.308 e. The van der Waals surface area contributed by atoms with E-state index in [1.165, 1.54) is 13.0 Å². The number of rotatable bonds is 6. The third-order valence-electron chi connectivity index (χ3n) is 2.98. The number of esters is 1. The van der Waals surface area contributed by atoms with Crippen LogP contribution in [0.3, 0.4) is 0 Å². The van der Waals surface area contributed by atoms with E-state index in [9.17, 15) is 9.59 Å². The molecule has 1 heterocycles. The molecule has 0 fully saturated rings. The highest BCUT2D eigenvalue weighted by atomic mass is 16.5. The van der Waals surface area contributed by atoms with E-state index >= 15 is 0 Å². The van der Waals surface area contributed by atoms with Crippen molar-refractivity contribution in [2.24, 2.45) is 0 Å². The Labute approximate surface area is 135 Å². The molecule has 1 aromatic carbocycles. The zero-order valence-electron chi connectivity index (χ0n) is 12.9. The van der Waals surface area contributed by atoms with Gasteiger partial charge in [0.2, 0.25) is 5.91 Å². The first-order chi connectivity index (χ1) is 11.1. The van der Waals surface area contributed by atoms with Crippen molar-refractivity contribution >= 4 is 18.0 Å². The van der Waals surface area contributed by atoms with Crippen LogP contribution in [0.15, 0.2) is 54.9 Å². The number of benzene rings is 1. The highest BCUT2D eigenvalue weighted by Gasteiger charge is 2.01. The minimum atomic E-state index is -0.351.